The van der Waals surface area contributed by atoms with E-state index < -0.39 is 0 Å². The van der Waals surface area contributed by atoms with E-state index in [1.165, 1.54) is 12.7 Å². The van der Waals surface area contributed by atoms with Gasteiger partial charge in [-0.15, -0.1) is 10.2 Å². The number of carbonyl (C=O) groups excluding carboxylic acids is 1. The number of hydrogen-bond donors (Lipinski definition) is 2. The lowest BCUT2D eigenvalue weighted by atomic mass is 10.1. The van der Waals surface area contributed by atoms with Gasteiger partial charge in [0.15, 0.2) is 5.11 Å². The fourth-order valence-corrected chi connectivity index (χ4v) is 4.91. The molecule has 180 valence electrons. The van der Waals surface area contributed by atoms with E-state index in [0.29, 0.717) is 21.3 Å². The SMILES string of the molecule is COc1c(C(=O)NC(=S)Nc2cc3nn(-c4ccc(C)cc4)nc3cc2C)cc2ccccc2c1Br. The quantitative estimate of drug-likeness (QED) is 0.259. The van der Waals surface area contributed by atoms with Crippen molar-refractivity contribution in [2.24, 2.45) is 0 Å². The fourth-order valence-electron chi connectivity index (χ4n) is 3.97. The van der Waals surface area contributed by atoms with Crippen molar-refractivity contribution >= 4 is 66.7 Å². The smallest absolute Gasteiger partial charge is 0.261 e. The zero-order chi connectivity index (χ0) is 25.4. The number of rotatable bonds is 4. The molecule has 2 N–H and O–H groups in total. The molecular weight excluding hydrogens is 538 g/mol. The van der Waals surface area contributed by atoms with E-state index in [1.54, 1.807) is 10.9 Å². The molecule has 1 heterocycles. The van der Waals surface area contributed by atoms with Gasteiger partial charge >= 0.3 is 0 Å². The first-order chi connectivity index (χ1) is 17.3. The Labute approximate surface area is 221 Å². The number of thiocarbonyl (C=S) groups is 1. The van der Waals surface area contributed by atoms with E-state index in [1.807, 2.05) is 74.5 Å². The number of fused-ring (bicyclic) bond motifs is 2. The molecule has 0 radical (unpaired) electrons. The number of hydrogen-bond acceptors (Lipinski definition) is 5. The van der Waals surface area contributed by atoms with Crippen molar-refractivity contribution < 1.29 is 9.53 Å². The largest absolute Gasteiger partial charge is 0.495 e. The van der Waals surface area contributed by atoms with E-state index in [4.69, 9.17) is 17.0 Å². The molecule has 0 atom stereocenters. The number of nitrogens with zero attached hydrogens (tertiary/aromatic N) is 3. The highest BCUT2D eigenvalue weighted by Gasteiger charge is 2.19. The maximum atomic E-state index is 13.1. The fraction of sp³-hybridized carbons (Fsp3) is 0.111. The Bertz CT molecular complexity index is 1650. The van der Waals surface area contributed by atoms with Gasteiger partial charge in [-0.25, -0.2) is 0 Å². The summed E-state index contributed by atoms with van der Waals surface area (Å²) in [6.07, 6.45) is 0. The number of nitrogens with one attached hydrogen (secondary N) is 2. The van der Waals surface area contributed by atoms with Crippen molar-refractivity contribution in [3.05, 3.63) is 87.9 Å². The molecule has 7 nitrogen and oxygen atoms in total. The van der Waals surface area contributed by atoms with E-state index >= 15 is 0 Å². The first kappa shape index (κ1) is 23.9. The van der Waals surface area contributed by atoms with E-state index in [0.717, 1.165) is 33.2 Å². The van der Waals surface area contributed by atoms with E-state index in [2.05, 4.69) is 36.8 Å². The van der Waals surface area contributed by atoms with Gasteiger partial charge in [0.05, 0.1) is 22.8 Å². The van der Waals surface area contributed by atoms with Crippen molar-refractivity contribution in [3.63, 3.8) is 0 Å². The molecule has 0 saturated carbocycles. The minimum Gasteiger partial charge on any atom is -0.495 e. The third-order valence-corrected chi connectivity index (χ3v) is 6.85. The Morgan fingerprint density at radius 1 is 1.00 bits per heavy atom. The predicted octanol–water partition coefficient (Wildman–Crippen LogP) is 6.09. The van der Waals surface area contributed by atoms with Crippen LogP contribution in [0.15, 0.2) is 71.2 Å². The molecule has 0 fully saturated rings. The summed E-state index contributed by atoms with van der Waals surface area (Å²) in [6, 6.07) is 21.3. The van der Waals surface area contributed by atoms with Crippen LogP contribution in [0.4, 0.5) is 5.69 Å². The minimum atomic E-state index is -0.375. The number of ether oxygens (including phenoxy) is 1. The first-order valence-electron chi connectivity index (χ1n) is 11.2. The summed E-state index contributed by atoms with van der Waals surface area (Å²) in [4.78, 5) is 14.7. The Balaban J connectivity index is 1.38. The molecule has 0 unspecified atom stereocenters. The number of aryl methyl sites for hydroxylation is 2. The number of methoxy groups -OCH3 is 1. The van der Waals surface area contributed by atoms with E-state index in [9.17, 15) is 4.79 Å². The van der Waals surface area contributed by atoms with Crippen molar-refractivity contribution in [1.29, 1.82) is 0 Å². The molecular formula is C27H22BrN5O2S. The highest BCUT2D eigenvalue weighted by Crippen LogP contribution is 2.36. The van der Waals surface area contributed by atoms with Crippen molar-refractivity contribution in [1.82, 2.24) is 20.3 Å². The average Bonchev–Trinajstić information content (AvgIpc) is 3.27. The standard InChI is InChI=1S/C27H22BrN5O2S/c1-15-8-10-18(11-9-15)33-31-22-12-16(2)21(14-23(22)32-33)29-27(36)30-26(34)20-13-17-6-4-5-7-19(17)24(28)25(20)35-3/h4-14H,1-3H3,(H2,29,30,34,36). The lowest BCUT2D eigenvalue weighted by molar-refractivity contribution is 0.0975. The van der Waals surface area contributed by atoms with Crippen LogP contribution in [0.1, 0.15) is 21.5 Å². The Morgan fingerprint density at radius 2 is 1.69 bits per heavy atom. The average molecular weight is 560 g/mol. The van der Waals surface area contributed by atoms with Gasteiger partial charge in [0.2, 0.25) is 0 Å². The van der Waals surface area contributed by atoms with E-state index in [-0.39, 0.29) is 11.0 Å². The number of halogens is 1. The lowest BCUT2D eigenvalue weighted by Gasteiger charge is -2.15. The van der Waals surface area contributed by atoms with Gasteiger partial charge in [0.25, 0.3) is 5.91 Å². The minimum absolute atomic E-state index is 0.166. The van der Waals surface area contributed by atoms with Gasteiger partial charge in [-0.3, -0.25) is 10.1 Å². The second kappa shape index (κ2) is 9.67. The summed E-state index contributed by atoms with van der Waals surface area (Å²) in [5, 5.41) is 17.1. The molecule has 9 heteroatoms. The second-order valence-corrected chi connectivity index (χ2v) is 9.58. The highest BCUT2D eigenvalue weighted by atomic mass is 79.9. The molecule has 1 aromatic heterocycles. The third-order valence-electron chi connectivity index (χ3n) is 5.86. The Hall–Kier alpha value is -3.82. The van der Waals surface area contributed by atoms with Crippen molar-refractivity contribution in [3.8, 4) is 11.4 Å². The Morgan fingerprint density at radius 3 is 2.42 bits per heavy atom. The lowest BCUT2D eigenvalue weighted by Crippen LogP contribution is -2.34. The van der Waals surface area contributed by atoms with Crippen molar-refractivity contribution in [2.45, 2.75) is 13.8 Å². The highest BCUT2D eigenvalue weighted by molar-refractivity contribution is 9.10. The molecule has 0 spiro atoms. The molecule has 5 rings (SSSR count). The maximum Gasteiger partial charge on any atom is 0.261 e. The number of aromatic nitrogens is 3. The van der Waals surface area contributed by atoms with Crippen LogP contribution in [0.2, 0.25) is 0 Å². The second-order valence-electron chi connectivity index (χ2n) is 8.38. The summed E-state index contributed by atoms with van der Waals surface area (Å²) in [5.74, 6) is 0.0687. The van der Waals surface area contributed by atoms with Crippen LogP contribution in [0.5, 0.6) is 5.75 Å². The van der Waals surface area contributed by atoms with Gasteiger partial charge in [0, 0.05) is 5.69 Å². The normalized spacial score (nSPS) is 11.0. The zero-order valence-corrected chi connectivity index (χ0v) is 22.2. The van der Waals surface area contributed by atoms with Gasteiger partial charge in [0.1, 0.15) is 16.8 Å². The van der Waals surface area contributed by atoms with Gasteiger partial charge < -0.3 is 10.1 Å². The van der Waals surface area contributed by atoms with Gasteiger partial charge in [-0.2, -0.15) is 4.80 Å². The van der Waals surface area contributed by atoms with Crippen LogP contribution >= 0.6 is 28.1 Å². The molecule has 0 aliphatic heterocycles. The molecule has 0 saturated heterocycles. The zero-order valence-electron chi connectivity index (χ0n) is 19.8. The summed E-state index contributed by atoms with van der Waals surface area (Å²) >= 11 is 9.03. The van der Waals surface area contributed by atoms with Crippen molar-refractivity contribution in [2.75, 3.05) is 12.4 Å². The number of anilines is 1. The predicted molar refractivity (Wildman–Crippen MR) is 150 cm³/mol. The first-order valence-corrected chi connectivity index (χ1v) is 12.4. The summed E-state index contributed by atoms with van der Waals surface area (Å²) in [7, 11) is 1.53. The molecule has 0 aliphatic carbocycles. The molecule has 5 aromatic rings. The van der Waals surface area contributed by atoms with Crippen LogP contribution in [-0.4, -0.2) is 33.1 Å². The number of benzene rings is 4. The van der Waals surface area contributed by atoms with Gasteiger partial charge in [-0.1, -0.05) is 42.0 Å². The summed E-state index contributed by atoms with van der Waals surface area (Å²) < 4.78 is 6.24. The number of carbonyl (C=O) groups is 1. The molecule has 0 aliphatic rings. The van der Waals surface area contributed by atoms with Crippen LogP contribution in [0.25, 0.3) is 27.5 Å². The molecule has 4 aromatic carbocycles. The summed E-state index contributed by atoms with van der Waals surface area (Å²) in [6.45, 7) is 3.98. The number of amides is 1. The topological polar surface area (TPSA) is 81.1 Å². The monoisotopic (exact) mass is 559 g/mol. The molecule has 1 amide bonds. The van der Waals surface area contributed by atoms with Crippen LogP contribution in [0, 0.1) is 13.8 Å². The molecule has 0 bridgehead atoms. The van der Waals surface area contributed by atoms with Gasteiger partial charge in [-0.05, 0) is 88.7 Å². The molecule has 36 heavy (non-hydrogen) atoms. The maximum absolute atomic E-state index is 13.1. The summed E-state index contributed by atoms with van der Waals surface area (Å²) in [5.41, 5.74) is 5.54. The third kappa shape index (κ3) is 4.55. The van der Waals surface area contributed by atoms with Crippen LogP contribution in [-0.2, 0) is 0 Å². The van der Waals surface area contributed by atoms with Crippen LogP contribution < -0.4 is 15.4 Å². The Kier molecular flexibility index (Phi) is 6.42. The van der Waals surface area contributed by atoms with Crippen LogP contribution in [0.3, 0.4) is 0 Å².